The van der Waals surface area contributed by atoms with Gasteiger partial charge in [-0.05, 0) is 37.6 Å². The summed E-state index contributed by atoms with van der Waals surface area (Å²) >= 11 is 0. The number of nitrogens with one attached hydrogen (secondary N) is 1. The predicted molar refractivity (Wildman–Crippen MR) is 108 cm³/mol. The quantitative estimate of drug-likeness (QED) is 0.555. The maximum atomic E-state index is 12.9. The first-order valence-corrected chi connectivity index (χ1v) is 9.36. The van der Waals surface area contributed by atoms with E-state index < -0.39 is 30.0 Å². The molecule has 1 aliphatic heterocycles. The van der Waals surface area contributed by atoms with Crippen LogP contribution < -0.4 is 14.8 Å². The molecule has 2 aromatic rings. The lowest BCUT2D eigenvalue weighted by Crippen LogP contribution is -2.41. The van der Waals surface area contributed by atoms with Gasteiger partial charge in [0.2, 0.25) is 0 Å². The van der Waals surface area contributed by atoms with Gasteiger partial charge in [-0.1, -0.05) is 29.8 Å². The molecule has 1 heterocycles. The van der Waals surface area contributed by atoms with E-state index in [0.29, 0.717) is 22.6 Å². The number of imide groups is 1. The second-order valence-corrected chi connectivity index (χ2v) is 7.15. The molecular formula is C22H24N2O6. The first kappa shape index (κ1) is 21.2. The molecule has 30 heavy (non-hydrogen) atoms. The third-order valence-electron chi connectivity index (χ3n) is 5.07. The highest BCUT2D eigenvalue weighted by molar-refractivity contribution is 6.08. The van der Waals surface area contributed by atoms with Gasteiger partial charge in [0.1, 0.15) is 30.2 Å². The lowest BCUT2D eigenvalue weighted by atomic mass is 9.91. The standard InChI is InChI=1S/C22H24N2O6/c1-14-5-7-16(8-6-14)22(2)20(26)24(21(27)23-22)12-19(25)30-13-15-11-17(28-3)9-10-18(15)29-4/h5-11H,12-13H2,1-4H3,(H,23,27)/t22-/m1/s1. The van der Waals surface area contributed by atoms with E-state index in [-0.39, 0.29) is 6.61 Å². The highest BCUT2D eigenvalue weighted by atomic mass is 16.5. The average Bonchev–Trinajstić information content (AvgIpc) is 2.96. The fourth-order valence-corrected chi connectivity index (χ4v) is 3.25. The van der Waals surface area contributed by atoms with Gasteiger partial charge in [0.15, 0.2) is 0 Å². The Bertz CT molecular complexity index is 972. The minimum atomic E-state index is -1.24. The minimum Gasteiger partial charge on any atom is -0.497 e. The van der Waals surface area contributed by atoms with Crippen molar-refractivity contribution in [1.29, 1.82) is 0 Å². The zero-order valence-electron chi connectivity index (χ0n) is 17.4. The van der Waals surface area contributed by atoms with Crippen LogP contribution in [-0.4, -0.2) is 43.6 Å². The number of methoxy groups -OCH3 is 2. The van der Waals surface area contributed by atoms with Gasteiger partial charge in [0.25, 0.3) is 5.91 Å². The highest BCUT2D eigenvalue weighted by Gasteiger charge is 2.49. The first-order valence-electron chi connectivity index (χ1n) is 9.36. The molecule has 0 aliphatic carbocycles. The molecular weight excluding hydrogens is 388 g/mol. The summed E-state index contributed by atoms with van der Waals surface area (Å²) in [4.78, 5) is 38.5. The predicted octanol–water partition coefficient (Wildman–Crippen LogP) is 2.52. The maximum Gasteiger partial charge on any atom is 0.326 e. The van der Waals surface area contributed by atoms with Crippen molar-refractivity contribution in [3.63, 3.8) is 0 Å². The fraction of sp³-hybridized carbons (Fsp3) is 0.318. The summed E-state index contributed by atoms with van der Waals surface area (Å²) in [6.45, 7) is 2.97. The molecule has 1 atom stereocenters. The van der Waals surface area contributed by atoms with Gasteiger partial charge in [0, 0.05) is 5.56 Å². The van der Waals surface area contributed by atoms with Crippen LogP contribution in [0.4, 0.5) is 4.79 Å². The number of benzene rings is 2. The number of aryl methyl sites for hydroxylation is 1. The number of esters is 1. The van der Waals surface area contributed by atoms with Crippen molar-refractivity contribution in [2.75, 3.05) is 20.8 Å². The fourth-order valence-electron chi connectivity index (χ4n) is 3.25. The van der Waals surface area contributed by atoms with Gasteiger partial charge >= 0.3 is 12.0 Å². The van der Waals surface area contributed by atoms with Crippen LogP contribution in [0.15, 0.2) is 42.5 Å². The topological polar surface area (TPSA) is 94.2 Å². The highest BCUT2D eigenvalue weighted by Crippen LogP contribution is 2.29. The number of hydrogen-bond acceptors (Lipinski definition) is 6. The maximum absolute atomic E-state index is 12.9. The van der Waals surface area contributed by atoms with E-state index in [2.05, 4.69) is 5.32 Å². The molecule has 0 spiro atoms. The van der Waals surface area contributed by atoms with Gasteiger partial charge in [-0.15, -0.1) is 0 Å². The summed E-state index contributed by atoms with van der Waals surface area (Å²) in [6, 6.07) is 11.8. The van der Waals surface area contributed by atoms with Crippen LogP contribution in [0.3, 0.4) is 0 Å². The molecule has 0 saturated carbocycles. The van der Waals surface area contributed by atoms with Crippen LogP contribution in [0.2, 0.25) is 0 Å². The smallest absolute Gasteiger partial charge is 0.326 e. The van der Waals surface area contributed by atoms with Crippen molar-refractivity contribution < 1.29 is 28.6 Å². The summed E-state index contributed by atoms with van der Waals surface area (Å²) in [5.74, 6) is -0.0980. The molecule has 1 aliphatic rings. The summed E-state index contributed by atoms with van der Waals surface area (Å²) in [5, 5.41) is 2.67. The zero-order chi connectivity index (χ0) is 21.9. The van der Waals surface area contributed by atoms with E-state index in [1.165, 1.54) is 14.2 Å². The molecule has 1 N–H and O–H groups in total. The van der Waals surface area contributed by atoms with E-state index in [1.807, 2.05) is 19.1 Å². The molecule has 0 aromatic heterocycles. The molecule has 3 amide bonds. The summed E-state index contributed by atoms with van der Waals surface area (Å²) < 4.78 is 15.7. The van der Waals surface area contributed by atoms with Crippen LogP contribution in [0.5, 0.6) is 11.5 Å². The first-order chi connectivity index (χ1) is 14.3. The molecule has 0 unspecified atom stereocenters. The number of carbonyl (C=O) groups excluding carboxylic acids is 3. The van der Waals surface area contributed by atoms with Crippen LogP contribution in [0.1, 0.15) is 23.6 Å². The largest absolute Gasteiger partial charge is 0.497 e. The number of carbonyl (C=O) groups is 3. The van der Waals surface area contributed by atoms with E-state index in [9.17, 15) is 14.4 Å². The number of hydrogen-bond donors (Lipinski definition) is 1. The molecule has 3 rings (SSSR count). The molecule has 0 radical (unpaired) electrons. The Labute approximate surface area is 174 Å². The summed E-state index contributed by atoms with van der Waals surface area (Å²) in [6.07, 6.45) is 0. The number of amides is 3. The Morgan fingerprint density at radius 2 is 1.77 bits per heavy atom. The average molecular weight is 412 g/mol. The number of rotatable bonds is 7. The number of nitrogens with zero attached hydrogens (tertiary/aromatic N) is 1. The number of ether oxygens (including phenoxy) is 3. The molecule has 1 saturated heterocycles. The van der Waals surface area contributed by atoms with Crippen molar-refractivity contribution >= 4 is 17.9 Å². The zero-order valence-corrected chi connectivity index (χ0v) is 17.4. The molecule has 8 heteroatoms. The van der Waals surface area contributed by atoms with Crippen LogP contribution in [0, 0.1) is 6.92 Å². The second kappa shape index (κ2) is 8.44. The SMILES string of the molecule is COc1ccc(OC)c(COC(=O)CN2C(=O)N[C@](C)(c3ccc(C)cc3)C2=O)c1. The molecule has 1 fully saturated rings. The Hall–Kier alpha value is -3.55. The van der Waals surface area contributed by atoms with Crippen molar-refractivity contribution in [3.05, 3.63) is 59.2 Å². The van der Waals surface area contributed by atoms with Gasteiger partial charge < -0.3 is 19.5 Å². The van der Waals surface area contributed by atoms with Gasteiger partial charge in [-0.2, -0.15) is 0 Å². The molecule has 2 aromatic carbocycles. The van der Waals surface area contributed by atoms with Crippen molar-refractivity contribution in [3.8, 4) is 11.5 Å². The Morgan fingerprint density at radius 3 is 2.40 bits per heavy atom. The molecule has 8 nitrogen and oxygen atoms in total. The molecule has 0 bridgehead atoms. The van der Waals surface area contributed by atoms with E-state index in [1.54, 1.807) is 37.3 Å². The Morgan fingerprint density at radius 1 is 1.07 bits per heavy atom. The van der Waals surface area contributed by atoms with Crippen LogP contribution in [-0.2, 0) is 26.5 Å². The Kier molecular flexibility index (Phi) is 5.96. The summed E-state index contributed by atoms with van der Waals surface area (Å²) in [7, 11) is 3.03. The van der Waals surface area contributed by atoms with Crippen LogP contribution in [0.25, 0.3) is 0 Å². The summed E-state index contributed by atoms with van der Waals surface area (Å²) in [5.41, 5.74) is 1.05. The van der Waals surface area contributed by atoms with Crippen molar-refractivity contribution in [2.24, 2.45) is 0 Å². The Balaban J connectivity index is 1.68. The van der Waals surface area contributed by atoms with E-state index in [0.717, 1.165) is 10.5 Å². The molecule has 158 valence electrons. The monoisotopic (exact) mass is 412 g/mol. The normalized spacial score (nSPS) is 18.2. The van der Waals surface area contributed by atoms with Gasteiger partial charge in [-0.25, -0.2) is 4.79 Å². The number of urea groups is 1. The minimum absolute atomic E-state index is 0.0852. The van der Waals surface area contributed by atoms with Gasteiger partial charge in [-0.3, -0.25) is 14.5 Å². The second-order valence-electron chi connectivity index (χ2n) is 7.15. The van der Waals surface area contributed by atoms with E-state index >= 15 is 0 Å². The third kappa shape index (κ3) is 4.07. The van der Waals surface area contributed by atoms with Crippen molar-refractivity contribution in [2.45, 2.75) is 26.0 Å². The van der Waals surface area contributed by atoms with Crippen LogP contribution >= 0.6 is 0 Å². The van der Waals surface area contributed by atoms with Crippen molar-refractivity contribution in [1.82, 2.24) is 10.2 Å². The lowest BCUT2D eigenvalue weighted by molar-refractivity contribution is -0.148. The lowest BCUT2D eigenvalue weighted by Gasteiger charge is -2.22. The third-order valence-corrected chi connectivity index (χ3v) is 5.07. The van der Waals surface area contributed by atoms with E-state index in [4.69, 9.17) is 14.2 Å². The van der Waals surface area contributed by atoms with Gasteiger partial charge in [0.05, 0.1) is 14.2 Å².